The van der Waals surface area contributed by atoms with Crippen LogP contribution < -0.4 is 18.9 Å². The molecule has 0 spiro atoms. The number of rotatable bonds is 14. The first-order valence-electron chi connectivity index (χ1n) is 8.83. The first-order chi connectivity index (χ1) is 9.65. The van der Waals surface area contributed by atoms with Crippen molar-refractivity contribution in [3.63, 3.8) is 0 Å². The van der Waals surface area contributed by atoms with Crippen molar-refractivity contribution in [1.29, 1.82) is 0 Å². The van der Waals surface area contributed by atoms with E-state index in [1.165, 1.54) is 71.0 Å². The average Bonchev–Trinajstić information content (AvgIpc) is 2.42. The molecule has 1 unspecified atom stereocenters. The summed E-state index contributed by atoms with van der Waals surface area (Å²) in [5.74, 6) is 0. The van der Waals surface area contributed by atoms with Gasteiger partial charge in [0.15, 0.2) is 0 Å². The van der Waals surface area contributed by atoms with E-state index in [2.05, 4.69) is 44.7 Å². The summed E-state index contributed by atoms with van der Waals surface area (Å²) in [4.78, 5) is 5.02. The standard InChI is InChI=1S/C18H39N2.Li/c1-6-9-11-16-20(17-12-10-7-2)18(8-3)14-13-15-19(4)5;/h18H,3,6-17H2,1-2,4-5H3;/q-1;+1. The largest absolute Gasteiger partial charge is 1.00 e. The monoisotopic (exact) mass is 290 g/mol. The first kappa shape index (κ1) is 23.8. The summed E-state index contributed by atoms with van der Waals surface area (Å²) < 4.78 is 0. The predicted molar refractivity (Wildman–Crippen MR) is 92.2 cm³/mol. The molecular formula is C18H39LiN2. The Morgan fingerprint density at radius 2 is 1.33 bits per heavy atom. The van der Waals surface area contributed by atoms with Crippen LogP contribution in [0.1, 0.15) is 71.6 Å². The Morgan fingerprint density at radius 3 is 1.71 bits per heavy atom. The van der Waals surface area contributed by atoms with E-state index in [0.717, 1.165) is 6.42 Å². The molecule has 0 aromatic heterocycles. The van der Waals surface area contributed by atoms with E-state index < -0.39 is 0 Å². The fourth-order valence-corrected chi connectivity index (χ4v) is 2.76. The van der Waals surface area contributed by atoms with Crippen LogP contribution in [0.3, 0.4) is 0 Å². The molecule has 0 radical (unpaired) electrons. The number of hydrogen-bond donors (Lipinski definition) is 0. The molecule has 0 aliphatic carbocycles. The summed E-state index contributed by atoms with van der Waals surface area (Å²) in [6.45, 7) is 12.5. The maximum absolute atomic E-state index is 4.21. The van der Waals surface area contributed by atoms with Crippen molar-refractivity contribution in [2.45, 2.75) is 77.7 Å². The van der Waals surface area contributed by atoms with Crippen LogP contribution in [0.25, 0.3) is 0 Å². The van der Waals surface area contributed by atoms with Crippen LogP contribution in [0.15, 0.2) is 0 Å². The summed E-state index contributed by atoms with van der Waals surface area (Å²) >= 11 is 0. The quantitative estimate of drug-likeness (QED) is 0.272. The fraction of sp³-hybridized carbons (Fsp3) is 0.944. The Balaban J connectivity index is 0. The van der Waals surface area contributed by atoms with Gasteiger partial charge in [-0.1, -0.05) is 39.5 Å². The number of hydrogen-bond acceptors (Lipinski definition) is 2. The molecule has 0 amide bonds. The zero-order valence-electron chi connectivity index (χ0n) is 15.7. The third-order valence-corrected chi connectivity index (χ3v) is 4.09. The second kappa shape index (κ2) is 16.9. The topological polar surface area (TPSA) is 6.48 Å². The molecule has 0 aliphatic heterocycles. The summed E-state index contributed by atoms with van der Waals surface area (Å²) in [5.41, 5.74) is 0. The van der Waals surface area contributed by atoms with Crippen molar-refractivity contribution in [2.75, 3.05) is 33.7 Å². The Morgan fingerprint density at radius 1 is 0.810 bits per heavy atom. The van der Waals surface area contributed by atoms with Gasteiger partial charge in [-0.15, -0.1) is 0 Å². The van der Waals surface area contributed by atoms with Crippen molar-refractivity contribution in [3.8, 4) is 0 Å². The summed E-state index contributed by atoms with van der Waals surface area (Å²) in [6, 6.07) is 0.698. The molecule has 3 heteroatoms. The Hall–Kier alpha value is 0.517. The van der Waals surface area contributed by atoms with E-state index in [1.807, 2.05) is 0 Å². The maximum Gasteiger partial charge on any atom is 1.00 e. The molecule has 0 aromatic carbocycles. The summed E-state index contributed by atoms with van der Waals surface area (Å²) in [5, 5.41) is 0. The van der Waals surface area contributed by atoms with Crippen LogP contribution in [-0.4, -0.2) is 49.6 Å². The number of unbranched alkanes of at least 4 members (excludes halogenated alkanes) is 4. The molecule has 122 valence electrons. The zero-order chi connectivity index (χ0) is 15.2. The molecule has 0 rings (SSSR count). The zero-order valence-corrected chi connectivity index (χ0v) is 15.7. The molecule has 2 nitrogen and oxygen atoms in total. The van der Waals surface area contributed by atoms with Crippen LogP contribution in [-0.2, 0) is 0 Å². The van der Waals surface area contributed by atoms with Crippen molar-refractivity contribution in [3.05, 3.63) is 6.92 Å². The van der Waals surface area contributed by atoms with E-state index >= 15 is 0 Å². The smallest absolute Gasteiger partial charge is 0.342 e. The van der Waals surface area contributed by atoms with Gasteiger partial charge >= 0.3 is 18.9 Å². The molecule has 0 saturated carbocycles. The fourth-order valence-electron chi connectivity index (χ4n) is 2.76. The van der Waals surface area contributed by atoms with Crippen LogP contribution in [0, 0.1) is 6.92 Å². The summed E-state index contributed by atoms with van der Waals surface area (Å²) in [7, 11) is 4.33. The molecule has 21 heavy (non-hydrogen) atoms. The molecule has 0 N–H and O–H groups in total. The van der Waals surface area contributed by atoms with Gasteiger partial charge in [0, 0.05) is 0 Å². The van der Waals surface area contributed by atoms with Gasteiger partial charge in [-0.05, 0) is 65.5 Å². The van der Waals surface area contributed by atoms with Gasteiger partial charge in [0.1, 0.15) is 0 Å². The predicted octanol–water partition coefficient (Wildman–Crippen LogP) is 1.61. The van der Waals surface area contributed by atoms with Gasteiger partial charge in [-0.25, -0.2) is 0 Å². The van der Waals surface area contributed by atoms with Gasteiger partial charge in [0.05, 0.1) is 0 Å². The van der Waals surface area contributed by atoms with E-state index in [-0.39, 0.29) is 18.9 Å². The SMILES string of the molecule is [CH2-]CC(CCCN(C)C)N(CCCCC)CCCCC.[Li+]. The van der Waals surface area contributed by atoms with Crippen LogP contribution in [0.5, 0.6) is 0 Å². The van der Waals surface area contributed by atoms with E-state index in [0.29, 0.717) is 6.04 Å². The Bertz CT molecular complexity index is 188. The second-order valence-electron chi connectivity index (χ2n) is 6.34. The van der Waals surface area contributed by atoms with Gasteiger partial charge in [-0.2, -0.15) is 6.42 Å². The van der Waals surface area contributed by atoms with Crippen LogP contribution in [0.2, 0.25) is 0 Å². The maximum atomic E-state index is 4.21. The Labute approximate surface area is 147 Å². The van der Waals surface area contributed by atoms with E-state index in [1.54, 1.807) is 0 Å². The van der Waals surface area contributed by atoms with Gasteiger partial charge in [0.25, 0.3) is 0 Å². The van der Waals surface area contributed by atoms with Crippen molar-refractivity contribution in [2.24, 2.45) is 0 Å². The first-order valence-corrected chi connectivity index (χ1v) is 8.83. The van der Waals surface area contributed by atoms with Crippen molar-refractivity contribution >= 4 is 0 Å². The van der Waals surface area contributed by atoms with Gasteiger partial charge in [0.2, 0.25) is 0 Å². The molecule has 0 aliphatic rings. The molecule has 1 atom stereocenters. The van der Waals surface area contributed by atoms with E-state index in [9.17, 15) is 0 Å². The molecule has 0 saturated heterocycles. The second-order valence-corrected chi connectivity index (χ2v) is 6.34. The van der Waals surface area contributed by atoms with Crippen molar-refractivity contribution in [1.82, 2.24) is 9.80 Å². The summed E-state index contributed by atoms with van der Waals surface area (Å²) in [6.07, 6.45) is 11.7. The third kappa shape index (κ3) is 13.9. The third-order valence-electron chi connectivity index (χ3n) is 4.09. The number of nitrogens with zero attached hydrogens (tertiary/aromatic N) is 2. The van der Waals surface area contributed by atoms with Crippen LogP contribution >= 0.6 is 0 Å². The average molecular weight is 290 g/mol. The van der Waals surface area contributed by atoms with Gasteiger partial charge in [-0.3, -0.25) is 0 Å². The molecule has 0 aromatic rings. The minimum atomic E-state index is 0. The van der Waals surface area contributed by atoms with E-state index in [4.69, 9.17) is 0 Å². The molecular weight excluding hydrogens is 251 g/mol. The van der Waals surface area contributed by atoms with Gasteiger partial charge < -0.3 is 16.7 Å². The van der Waals surface area contributed by atoms with Crippen molar-refractivity contribution < 1.29 is 18.9 Å². The van der Waals surface area contributed by atoms with Crippen LogP contribution in [0.4, 0.5) is 0 Å². The molecule has 0 heterocycles. The minimum absolute atomic E-state index is 0. The Kier molecular flexibility index (Phi) is 19.1. The normalized spacial score (nSPS) is 12.7. The molecule has 0 bridgehead atoms. The molecule has 0 fully saturated rings. The minimum Gasteiger partial charge on any atom is -0.342 e.